The number of hydrogen-bond donors (Lipinski definition) is 1. The van der Waals surface area contributed by atoms with Crippen molar-refractivity contribution in [2.45, 2.75) is 58.4 Å². The van der Waals surface area contributed by atoms with Crippen molar-refractivity contribution in [3.63, 3.8) is 0 Å². The first-order valence-corrected chi connectivity index (χ1v) is 12.8. The molecule has 4 aromatic heterocycles. The lowest BCUT2D eigenvalue weighted by Crippen LogP contribution is -2.24. The Morgan fingerprint density at radius 2 is 1.97 bits per heavy atom. The Kier molecular flexibility index (Phi) is 6.94. The van der Waals surface area contributed by atoms with Crippen LogP contribution in [0.4, 0.5) is 0 Å². The number of aromatic nitrogens is 6. The molecular formula is C26H31ClN6O3. The number of H-pyrrole nitrogens is 1. The van der Waals surface area contributed by atoms with Crippen molar-refractivity contribution in [3.05, 3.63) is 45.9 Å². The summed E-state index contributed by atoms with van der Waals surface area (Å²) in [4.78, 5) is 28.6. The highest BCUT2D eigenvalue weighted by Gasteiger charge is 2.30. The SMILES string of the molecule is COCC(C)c1nc2cc(-c3noc(=O)[nH]3)nc(-c3cncc(Cl)c3)c2n1[C@H](C)C1CCC(C)CC1. The van der Waals surface area contributed by atoms with E-state index >= 15 is 0 Å². The van der Waals surface area contributed by atoms with Gasteiger partial charge < -0.3 is 9.30 Å². The van der Waals surface area contributed by atoms with Crippen LogP contribution in [0.25, 0.3) is 33.8 Å². The number of ether oxygens (including phenoxy) is 1. The number of aromatic amines is 1. The second kappa shape index (κ2) is 10.1. The quantitative estimate of drug-likeness (QED) is 0.343. The molecule has 1 fully saturated rings. The molecule has 0 saturated heterocycles. The molecule has 5 rings (SSSR count). The number of hydrogen-bond acceptors (Lipinski definition) is 7. The molecule has 1 aliphatic rings. The number of nitrogens with one attached hydrogen (secondary N) is 1. The van der Waals surface area contributed by atoms with Gasteiger partial charge in [-0.2, -0.15) is 0 Å². The molecule has 4 heterocycles. The van der Waals surface area contributed by atoms with Gasteiger partial charge in [-0.15, -0.1) is 0 Å². The molecule has 1 saturated carbocycles. The van der Waals surface area contributed by atoms with E-state index in [-0.39, 0.29) is 17.8 Å². The average Bonchev–Trinajstić information content (AvgIpc) is 3.47. The summed E-state index contributed by atoms with van der Waals surface area (Å²) in [5, 5.41) is 4.36. The first-order valence-electron chi connectivity index (χ1n) is 12.4. The van der Waals surface area contributed by atoms with Crippen molar-refractivity contribution in [3.8, 4) is 22.8 Å². The number of imidazole rings is 1. The number of nitrogens with zero attached hydrogens (tertiary/aromatic N) is 5. The molecular weight excluding hydrogens is 480 g/mol. The molecule has 0 spiro atoms. The summed E-state index contributed by atoms with van der Waals surface area (Å²) in [5.41, 5.74) is 3.57. The van der Waals surface area contributed by atoms with Gasteiger partial charge >= 0.3 is 5.76 Å². The maximum Gasteiger partial charge on any atom is 0.439 e. The van der Waals surface area contributed by atoms with Crippen LogP contribution in [-0.2, 0) is 4.74 Å². The fourth-order valence-electron chi connectivity index (χ4n) is 5.41. The smallest absolute Gasteiger partial charge is 0.384 e. The van der Waals surface area contributed by atoms with Crippen molar-refractivity contribution >= 4 is 22.6 Å². The van der Waals surface area contributed by atoms with Crippen molar-refractivity contribution in [2.75, 3.05) is 13.7 Å². The molecule has 10 heteroatoms. The zero-order valence-corrected chi connectivity index (χ0v) is 21.7. The summed E-state index contributed by atoms with van der Waals surface area (Å²) in [7, 11) is 1.71. The van der Waals surface area contributed by atoms with E-state index in [1.165, 1.54) is 25.7 Å². The Balaban J connectivity index is 1.77. The number of methoxy groups -OCH3 is 1. The van der Waals surface area contributed by atoms with Crippen LogP contribution < -0.4 is 5.76 Å². The maximum absolute atomic E-state index is 11.7. The highest BCUT2D eigenvalue weighted by molar-refractivity contribution is 6.30. The third-order valence-electron chi connectivity index (χ3n) is 7.36. The van der Waals surface area contributed by atoms with Gasteiger partial charge in [-0.05, 0) is 43.7 Å². The van der Waals surface area contributed by atoms with Gasteiger partial charge in [-0.1, -0.05) is 43.4 Å². The Hall–Kier alpha value is -3.04. The van der Waals surface area contributed by atoms with Crippen LogP contribution in [0.15, 0.2) is 33.8 Å². The molecule has 1 aliphatic carbocycles. The van der Waals surface area contributed by atoms with Gasteiger partial charge in [0.25, 0.3) is 0 Å². The molecule has 2 atom stereocenters. The van der Waals surface area contributed by atoms with Crippen molar-refractivity contribution in [1.29, 1.82) is 0 Å². The van der Waals surface area contributed by atoms with Crippen LogP contribution in [0.2, 0.25) is 5.02 Å². The van der Waals surface area contributed by atoms with E-state index in [0.29, 0.717) is 28.9 Å². The Bertz CT molecular complexity index is 1420. The van der Waals surface area contributed by atoms with Crippen LogP contribution in [-0.4, -0.2) is 43.4 Å². The molecule has 0 amide bonds. The van der Waals surface area contributed by atoms with Gasteiger partial charge in [-0.25, -0.2) is 14.8 Å². The topological polar surface area (TPSA) is 112 Å². The molecule has 1 unspecified atom stereocenters. The Morgan fingerprint density at radius 3 is 2.64 bits per heavy atom. The standard InChI is InChI=1S/C26H31ClN6O3/c1-14-5-7-17(8-6-14)16(3)33-23-20(30-25(33)15(2)13-35-4)10-21(24-31-26(34)36-32-24)29-22(23)18-9-19(27)12-28-11-18/h9-12,14-17H,5-8,13H2,1-4H3,(H,31,32,34)/t14?,15?,16-,17?/m1/s1. The summed E-state index contributed by atoms with van der Waals surface area (Å²) < 4.78 is 12.6. The lowest BCUT2D eigenvalue weighted by molar-refractivity contribution is 0.176. The minimum atomic E-state index is -0.641. The predicted molar refractivity (Wildman–Crippen MR) is 138 cm³/mol. The fraction of sp³-hybridized carbons (Fsp3) is 0.500. The fourth-order valence-corrected chi connectivity index (χ4v) is 5.58. The molecule has 1 N–H and O–H groups in total. The second-order valence-corrected chi connectivity index (χ2v) is 10.5. The zero-order chi connectivity index (χ0) is 25.4. The lowest BCUT2D eigenvalue weighted by Gasteiger charge is -2.33. The monoisotopic (exact) mass is 510 g/mol. The summed E-state index contributed by atoms with van der Waals surface area (Å²) in [6.07, 6.45) is 8.16. The van der Waals surface area contributed by atoms with Crippen LogP contribution >= 0.6 is 11.6 Å². The minimum Gasteiger partial charge on any atom is -0.384 e. The number of rotatable bonds is 7. The summed E-state index contributed by atoms with van der Waals surface area (Å²) >= 11 is 6.34. The highest BCUT2D eigenvalue weighted by atomic mass is 35.5. The Morgan fingerprint density at radius 1 is 1.19 bits per heavy atom. The predicted octanol–water partition coefficient (Wildman–Crippen LogP) is 5.63. The molecule has 0 aromatic carbocycles. The van der Waals surface area contributed by atoms with Gasteiger partial charge in [0.05, 0.1) is 28.4 Å². The van der Waals surface area contributed by atoms with Gasteiger partial charge in [0.1, 0.15) is 11.5 Å². The van der Waals surface area contributed by atoms with Crippen molar-refractivity contribution in [2.24, 2.45) is 11.8 Å². The van der Waals surface area contributed by atoms with E-state index in [9.17, 15) is 4.79 Å². The van der Waals surface area contributed by atoms with Crippen LogP contribution in [0.1, 0.15) is 64.2 Å². The van der Waals surface area contributed by atoms with Gasteiger partial charge in [0.2, 0.25) is 5.82 Å². The third-order valence-corrected chi connectivity index (χ3v) is 7.57. The average molecular weight is 511 g/mol. The first kappa shape index (κ1) is 24.6. The van der Waals surface area contributed by atoms with E-state index in [0.717, 1.165) is 28.3 Å². The zero-order valence-electron chi connectivity index (χ0n) is 21.0. The molecule has 0 aliphatic heterocycles. The van der Waals surface area contributed by atoms with Gasteiger partial charge in [0, 0.05) is 37.0 Å². The van der Waals surface area contributed by atoms with Crippen LogP contribution in [0.5, 0.6) is 0 Å². The molecule has 36 heavy (non-hydrogen) atoms. The largest absolute Gasteiger partial charge is 0.439 e. The molecule has 0 bridgehead atoms. The summed E-state index contributed by atoms with van der Waals surface area (Å²) in [6.45, 7) is 7.29. The lowest BCUT2D eigenvalue weighted by atomic mass is 9.79. The highest BCUT2D eigenvalue weighted by Crippen LogP contribution is 2.41. The summed E-state index contributed by atoms with van der Waals surface area (Å²) in [5.74, 6) is 1.91. The van der Waals surface area contributed by atoms with E-state index in [4.69, 9.17) is 30.8 Å². The van der Waals surface area contributed by atoms with E-state index in [2.05, 4.69) is 40.5 Å². The normalized spacial score (nSPS) is 20.0. The van der Waals surface area contributed by atoms with E-state index in [1.807, 2.05) is 12.1 Å². The summed E-state index contributed by atoms with van der Waals surface area (Å²) in [6, 6.07) is 3.90. The van der Waals surface area contributed by atoms with Gasteiger partial charge in [-0.3, -0.25) is 14.5 Å². The molecule has 0 radical (unpaired) electrons. The Labute approximate surface area is 214 Å². The third kappa shape index (κ3) is 4.69. The maximum atomic E-state index is 11.7. The van der Waals surface area contributed by atoms with Crippen LogP contribution in [0, 0.1) is 11.8 Å². The first-order chi connectivity index (χ1) is 17.4. The van der Waals surface area contributed by atoms with Crippen molar-refractivity contribution < 1.29 is 9.26 Å². The molecule has 9 nitrogen and oxygen atoms in total. The van der Waals surface area contributed by atoms with Crippen LogP contribution in [0.3, 0.4) is 0 Å². The second-order valence-electron chi connectivity index (χ2n) is 10.0. The minimum absolute atomic E-state index is 0.0630. The number of fused-ring (bicyclic) bond motifs is 1. The van der Waals surface area contributed by atoms with E-state index in [1.54, 1.807) is 19.5 Å². The van der Waals surface area contributed by atoms with Gasteiger partial charge in [0.15, 0.2) is 0 Å². The number of halogens is 1. The number of pyridine rings is 2. The van der Waals surface area contributed by atoms with Crippen molar-refractivity contribution in [1.82, 2.24) is 29.7 Å². The van der Waals surface area contributed by atoms with E-state index < -0.39 is 5.76 Å². The molecule has 4 aromatic rings. The molecule has 190 valence electrons.